The van der Waals surface area contributed by atoms with Crippen LogP contribution < -0.4 is 0 Å². The number of ketones is 1. The van der Waals surface area contributed by atoms with Crippen LogP contribution in [0.15, 0.2) is 65.6 Å². The zero-order valence-electron chi connectivity index (χ0n) is 19.5. The number of allylic oxidation sites excluding steroid dienone is 1. The minimum Gasteiger partial charge on any atom is -0.339 e. The molecule has 0 spiro atoms. The maximum absolute atomic E-state index is 13.6. The minimum absolute atomic E-state index is 0.00728. The standard InChI is InChI=1S/C27H23N3O3S2/c1-5-35(32,33)19-8-6-7-18(12-19)21-13-20(25(31)17(4)27-28-9-10-34-27)16(3)24-23(21)22-11-15(2)14-29-26(22)30-24/h6-14H,4-5H2,1-3H3,(H,29,30). The Kier molecular flexibility index (Phi) is 5.65. The molecule has 0 saturated carbocycles. The first-order valence-electron chi connectivity index (χ1n) is 11.1. The molecule has 0 aliphatic heterocycles. The highest BCUT2D eigenvalue weighted by Gasteiger charge is 2.23. The molecule has 5 rings (SSSR count). The molecule has 0 bridgehead atoms. The van der Waals surface area contributed by atoms with E-state index in [4.69, 9.17) is 0 Å². The van der Waals surface area contributed by atoms with Crippen LogP contribution in [0.25, 0.3) is 38.6 Å². The molecule has 2 aromatic carbocycles. The van der Waals surface area contributed by atoms with Gasteiger partial charge in [-0.05, 0) is 60.4 Å². The van der Waals surface area contributed by atoms with Crippen molar-refractivity contribution in [2.75, 3.05) is 5.75 Å². The molecule has 1 N–H and O–H groups in total. The van der Waals surface area contributed by atoms with Crippen molar-refractivity contribution in [1.82, 2.24) is 15.0 Å². The Morgan fingerprint density at radius 2 is 1.94 bits per heavy atom. The first-order valence-corrected chi connectivity index (χ1v) is 13.6. The third kappa shape index (κ3) is 3.88. The highest BCUT2D eigenvalue weighted by molar-refractivity contribution is 7.91. The molecule has 0 aliphatic carbocycles. The molecule has 8 heteroatoms. The summed E-state index contributed by atoms with van der Waals surface area (Å²) in [6, 6.07) is 10.8. The molecule has 176 valence electrons. The van der Waals surface area contributed by atoms with Gasteiger partial charge in [0.25, 0.3) is 0 Å². The van der Waals surface area contributed by atoms with Crippen molar-refractivity contribution in [2.24, 2.45) is 0 Å². The summed E-state index contributed by atoms with van der Waals surface area (Å²) in [5.41, 5.74) is 5.54. The summed E-state index contributed by atoms with van der Waals surface area (Å²) in [7, 11) is -3.40. The third-order valence-electron chi connectivity index (χ3n) is 6.22. The highest BCUT2D eigenvalue weighted by atomic mass is 32.2. The van der Waals surface area contributed by atoms with Crippen molar-refractivity contribution in [3.05, 3.63) is 82.4 Å². The lowest BCUT2D eigenvalue weighted by Gasteiger charge is -2.13. The van der Waals surface area contributed by atoms with E-state index in [1.54, 1.807) is 42.9 Å². The van der Waals surface area contributed by atoms with Crippen LogP contribution >= 0.6 is 11.3 Å². The number of hydrogen-bond donors (Lipinski definition) is 1. The van der Waals surface area contributed by atoms with E-state index in [0.29, 0.717) is 27.4 Å². The summed E-state index contributed by atoms with van der Waals surface area (Å²) in [5, 5.41) is 4.19. The Morgan fingerprint density at radius 1 is 1.14 bits per heavy atom. The molecule has 0 radical (unpaired) electrons. The largest absolute Gasteiger partial charge is 0.339 e. The minimum atomic E-state index is -3.40. The van der Waals surface area contributed by atoms with Crippen LogP contribution in [0.5, 0.6) is 0 Å². The second-order valence-electron chi connectivity index (χ2n) is 8.46. The highest BCUT2D eigenvalue weighted by Crippen LogP contribution is 2.39. The van der Waals surface area contributed by atoms with Crippen LogP contribution in [0, 0.1) is 13.8 Å². The van der Waals surface area contributed by atoms with Crippen molar-refractivity contribution < 1.29 is 13.2 Å². The third-order valence-corrected chi connectivity index (χ3v) is 8.78. The van der Waals surface area contributed by atoms with Gasteiger partial charge in [0, 0.05) is 34.1 Å². The fraction of sp³-hybridized carbons (Fsp3) is 0.148. The number of sulfone groups is 1. The number of carbonyl (C=O) groups is 1. The second-order valence-corrected chi connectivity index (χ2v) is 11.6. The van der Waals surface area contributed by atoms with Crippen molar-refractivity contribution in [2.45, 2.75) is 25.7 Å². The van der Waals surface area contributed by atoms with Gasteiger partial charge in [0.1, 0.15) is 10.7 Å². The maximum Gasteiger partial charge on any atom is 0.195 e. The molecule has 0 saturated heterocycles. The zero-order valence-corrected chi connectivity index (χ0v) is 21.2. The van der Waals surface area contributed by atoms with Crippen LogP contribution in [0.1, 0.15) is 33.4 Å². The molecule has 0 aliphatic rings. The van der Waals surface area contributed by atoms with Crippen molar-refractivity contribution in [1.29, 1.82) is 0 Å². The normalized spacial score (nSPS) is 11.9. The topological polar surface area (TPSA) is 92.8 Å². The summed E-state index contributed by atoms with van der Waals surface area (Å²) < 4.78 is 25.2. The molecule has 0 atom stereocenters. The van der Waals surface area contributed by atoms with Crippen LogP contribution in [0.2, 0.25) is 0 Å². The van der Waals surface area contributed by atoms with Gasteiger partial charge in [-0.25, -0.2) is 18.4 Å². The molecule has 6 nitrogen and oxygen atoms in total. The molecule has 3 heterocycles. The number of Topliss-reactive ketones (excluding diaryl/α,β-unsaturated/α-hetero) is 1. The molecular formula is C27H23N3O3S2. The van der Waals surface area contributed by atoms with Gasteiger partial charge in [-0.15, -0.1) is 11.3 Å². The van der Waals surface area contributed by atoms with Gasteiger partial charge in [0.2, 0.25) is 0 Å². The zero-order chi connectivity index (χ0) is 24.9. The van der Waals surface area contributed by atoms with Crippen molar-refractivity contribution >= 4 is 54.5 Å². The van der Waals surface area contributed by atoms with Crippen LogP contribution in [-0.4, -0.2) is 34.9 Å². The van der Waals surface area contributed by atoms with E-state index in [2.05, 4.69) is 21.5 Å². The fourth-order valence-corrected chi connectivity index (χ4v) is 5.85. The number of aromatic amines is 1. The number of thiazole rings is 1. The van der Waals surface area contributed by atoms with E-state index in [1.807, 2.05) is 32.0 Å². The predicted molar refractivity (Wildman–Crippen MR) is 142 cm³/mol. The SMILES string of the molecule is C=C(C(=O)c1cc(-c2cccc(S(=O)(=O)CC)c2)c2c([nH]c3ncc(C)cc32)c1C)c1nccs1. The van der Waals surface area contributed by atoms with Gasteiger partial charge >= 0.3 is 0 Å². The summed E-state index contributed by atoms with van der Waals surface area (Å²) in [6.45, 7) is 9.50. The Labute approximate surface area is 207 Å². The van der Waals surface area contributed by atoms with Crippen LogP contribution in [0.3, 0.4) is 0 Å². The second kappa shape index (κ2) is 8.55. The number of aryl methyl sites for hydroxylation is 2. The lowest BCUT2D eigenvalue weighted by molar-refractivity contribution is 0.105. The van der Waals surface area contributed by atoms with Crippen molar-refractivity contribution in [3.8, 4) is 11.1 Å². The van der Waals surface area contributed by atoms with E-state index in [1.165, 1.54) is 11.3 Å². The smallest absolute Gasteiger partial charge is 0.195 e. The van der Waals surface area contributed by atoms with Gasteiger partial charge in [-0.1, -0.05) is 25.6 Å². The summed E-state index contributed by atoms with van der Waals surface area (Å²) >= 11 is 1.36. The molecule has 0 unspecified atom stereocenters. The van der Waals surface area contributed by atoms with E-state index >= 15 is 0 Å². The van der Waals surface area contributed by atoms with Crippen LogP contribution in [-0.2, 0) is 9.84 Å². The average Bonchev–Trinajstić information content (AvgIpc) is 3.52. The number of nitrogens with zero attached hydrogens (tertiary/aromatic N) is 2. The molecule has 0 fully saturated rings. The number of carbonyl (C=O) groups excluding carboxylic acids is 1. The number of aromatic nitrogens is 3. The van der Waals surface area contributed by atoms with Gasteiger partial charge in [0.15, 0.2) is 15.6 Å². The number of benzene rings is 2. The maximum atomic E-state index is 13.6. The van der Waals surface area contributed by atoms with Crippen LogP contribution in [0.4, 0.5) is 0 Å². The van der Waals surface area contributed by atoms with Gasteiger partial charge in [0.05, 0.1) is 21.7 Å². The molecule has 3 aromatic heterocycles. The quantitative estimate of drug-likeness (QED) is 0.223. The average molecular weight is 502 g/mol. The number of pyridine rings is 1. The number of fused-ring (bicyclic) bond motifs is 3. The Bertz CT molecular complexity index is 1750. The number of H-pyrrole nitrogens is 1. The van der Waals surface area contributed by atoms with E-state index < -0.39 is 9.84 Å². The molecule has 5 aromatic rings. The Morgan fingerprint density at radius 3 is 2.66 bits per heavy atom. The number of nitrogens with one attached hydrogen (secondary N) is 1. The summed E-state index contributed by atoms with van der Waals surface area (Å²) in [4.78, 5) is 26.0. The number of hydrogen-bond acceptors (Lipinski definition) is 6. The Balaban J connectivity index is 1.84. The first kappa shape index (κ1) is 23.1. The van der Waals surface area contributed by atoms with E-state index in [0.717, 1.165) is 33.0 Å². The van der Waals surface area contributed by atoms with E-state index in [-0.39, 0.29) is 16.4 Å². The van der Waals surface area contributed by atoms with Gasteiger partial charge < -0.3 is 4.98 Å². The first-order chi connectivity index (χ1) is 16.7. The molecule has 35 heavy (non-hydrogen) atoms. The summed E-state index contributed by atoms with van der Waals surface area (Å²) in [5.74, 6) is -0.214. The molecular weight excluding hydrogens is 478 g/mol. The van der Waals surface area contributed by atoms with Crippen molar-refractivity contribution in [3.63, 3.8) is 0 Å². The predicted octanol–water partition coefficient (Wildman–Crippen LogP) is 6.15. The number of rotatable bonds is 6. The lowest BCUT2D eigenvalue weighted by Crippen LogP contribution is -2.06. The Hall–Kier alpha value is -3.62. The van der Waals surface area contributed by atoms with Gasteiger partial charge in [-0.2, -0.15) is 0 Å². The summed E-state index contributed by atoms with van der Waals surface area (Å²) in [6.07, 6.45) is 3.43. The van der Waals surface area contributed by atoms with Gasteiger partial charge in [-0.3, -0.25) is 4.79 Å². The lowest BCUT2D eigenvalue weighted by atomic mass is 9.91. The van der Waals surface area contributed by atoms with E-state index in [9.17, 15) is 13.2 Å². The fourth-order valence-electron chi connectivity index (χ4n) is 4.31. The molecule has 0 amide bonds. The monoisotopic (exact) mass is 501 g/mol.